The number of benzene rings is 3. The monoisotopic (exact) mass is 537 g/mol. The van der Waals surface area contributed by atoms with E-state index >= 15 is 0 Å². The molecule has 202 valence electrons. The first kappa shape index (κ1) is 28.7. The third-order valence-corrected chi connectivity index (χ3v) is 7.94. The molecule has 3 aromatic rings. The Hall–Kier alpha value is -3.85. The summed E-state index contributed by atoms with van der Waals surface area (Å²) < 4.78 is 34.0. The van der Waals surface area contributed by atoms with Gasteiger partial charge in [-0.1, -0.05) is 55.0 Å². The number of aryl methyl sites for hydroxylation is 1. The van der Waals surface area contributed by atoms with E-state index in [1.165, 1.54) is 17.0 Å². The van der Waals surface area contributed by atoms with Crippen LogP contribution in [0.5, 0.6) is 5.75 Å². The summed E-state index contributed by atoms with van der Waals surface area (Å²) >= 11 is 0. The fraction of sp³-hybridized carbons (Fsp3) is 0.310. The molecule has 0 saturated carbocycles. The zero-order valence-electron chi connectivity index (χ0n) is 22.3. The highest BCUT2D eigenvalue weighted by Gasteiger charge is 2.33. The summed E-state index contributed by atoms with van der Waals surface area (Å²) in [7, 11) is -2.53. The van der Waals surface area contributed by atoms with Crippen molar-refractivity contribution in [2.24, 2.45) is 0 Å². The van der Waals surface area contributed by atoms with Crippen molar-refractivity contribution in [3.05, 3.63) is 90.0 Å². The van der Waals surface area contributed by atoms with E-state index < -0.39 is 28.5 Å². The van der Waals surface area contributed by atoms with Crippen LogP contribution in [0.2, 0.25) is 0 Å². The Labute approximate surface area is 225 Å². The van der Waals surface area contributed by atoms with Crippen LogP contribution in [0.4, 0.5) is 5.69 Å². The summed E-state index contributed by atoms with van der Waals surface area (Å²) in [6.45, 7) is 5.55. The molecule has 1 unspecified atom stereocenters. The lowest BCUT2D eigenvalue weighted by Gasteiger charge is -2.33. The maximum atomic E-state index is 13.9. The van der Waals surface area contributed by atoms with Gasteiger partial charge in [0.25, 0.3) is 10.0 Å². The number of likely N-dealkylation sites (N-methyl/N-ethyl adjacent to an activating group) is 1. The van der Waals surface area contributed by atoms with E-state index in [0.717, 1.165) is 15.4 Å². The predicted octanol–water partition coefficient (Wildman–Crippen LogP) is 4.14. The zero-order valence-corrected chi connectivity index (χ0v) is 23.1. The number of anilines is 1. The van der Waals surface area contributed by atoms with E-state index in [4.69, 9.17) is 4.74 Å². The summed E-state index contributed by atoms with van der Waals surface area (Å²) in [6.07, 6.45) is 0.359. The molecule has 8 nitrogen and oxygen atoms in total. The lowest BCUT2D eigenvalue weighted by Crippen LogP contribution is -2.52. The quantitative estimate of drug-likeness (QED) is 0.375. The minimum atomic E-state index is -4.08. The molecule has 0 heterocycles. The number of carbonyl (C=O) groups is 2. The highest BCUT2D eigenvalue weighted by atomic mass is 32.2. The van der Waals surface area contributed by atoms with Gasteiger partial charge in [0, 0.05) is 13.1 Å². The summed E-state index contributed by atoms with van der Waals surface area (Å²) in [5.41, 5.74) is 2.03. The largest absolute Gasteiger partial charge is 0.497 e. The molecule has 0 bridgehead atoms. The van der Waals surface area contributed by atoms with Gasteiger partial charge in [-0.3, -0.25) is 13.9 Å². The van der Waals surface area contributed by atoms with Crippen molar-refractivity contribution in [2.45, 2.75) is 44.7 Å². The summed E-state index contributed by atoms with van der Waals surface area (Å²) in [4.78, 5) is 28.4. The first-order valence-electron chi connectivity index (χ1n) is 12.6. The summed E-state index contributed by atoms with van der Waals surface area (Å²) in [5.74, 6) is -0.168. The van der Waals surface area contributed by atoms with Gasteiger partial charge in [0.05, 0.1) is 17.7 Å². The van der Waals surface area contributed by atoms with Crippen LogP contribution in [0.3, 0.4) is 0 Å². The molecule has 38 heavy (non-hydrogen) atoms. The number of ether oxygens (including phenoxy) is 1. The maximum Gasteiger partial charge on any atom is 0.264 e. The lowest BCUT2D eigenvalue weighted by atomic mass is 10.1. The summed E-state index contributed by atoms with van der Waals surface area (Å²) in [6, 6.07) is 21.4. The maximum absolute atomic E-state index is 13.9. The number of carbonyl (C=O) groups excluding carboxylic acids is 2. The molecule has 1 N–H and O–H groups in total. The summed E-state index contributed by atoms with van der Waals surface area (Å²) in [5, 5.41) is 2.80. The number of rotatable bonds is 12. The number of sulfonamides is 1. The van der Waals surface area contributed by atoms with Crippen LogP contribution < -0.4 is 14.4 Å². The number of para-hydroxylation sites is 1. The van der Waals surface area contributed by atoms with Crippen molar-refractivity contribution in [1.29, 1.82) is 0 Å². The van der Waals surface area contributed by atoms with Crippen LogP contribution in [-0.2, 0) is 26.2 Å². The number of nitrogens with zero attached hydrogens (tertiary/aromatic N) is 2. The average molecular weight is 538 g/mol. The standard InChI is InChI=1S/C29H35N3O5S/c1-5-27(29(34)30-6-2)31(20-23-11-10-14-25(19-23)37-4)28(33)21-32(24-12-8-7-9-13-24)38(35,36)26-17-15-22(3)16-18-26/h7-19,27H,5-6,20-21H2,1-4H3,(H,30,34). The van der Waals surface area contributed by atoms with E-state index in [1.54, 1.807) is 61.7 Å². The Morgan fingerprint density at radius 1 is 0.947 bits per heavy atom. The number of hydrogen-bond acceptors (Lipinski definition) is 5. The number of hydrogen-bond donors (Lipinski definition) is 1. The Morgan fingerprint density at radius 3 is 2.24 bits per heavy atom. The van der Waals surface area contributed by atoms with Crippen molar-refractivity contribution in [3.8, 4) is 5.75 Å². The number of amides is 2. The van der Waals surface area contributed by atoms with Gasteiger partial charge >= 0.3 is 0 Å². The first-order chi connectivity index (χ1) is 18.2. The Morgan fingerprint density at radius 2 is 1.63 bits per heavy atom. The Bertz CT molecular complexity index is 1330. The second-order valence-corrected chi connectivity index (χ2v) is 10.7. The van der Waals surface area contributed by atoms with Crippen molar-refractivity contribution in [2.75, 3.05) is 24.5 Å². The Kier molecular flexibility index (Phi) is 9.90. The van der Waals surface area contributed by atoms with Crippen LogP contribution in [0.1, 0.15) is 31.4 Å². The molecule has 0 aliphatic rings. The highest BCUT2D eigenvalue weighted by molar-refractivity contribution is 7.92. The van der Waals surface area contributed by atoms with Gasteiger partial charge in [0.1, 0.15) is 18.3 Å². The van der Waals surface area contributed by atoms with E-state index in [1.807, 2.05) is 32.9 Å². The topological polar surface area (TPSA) is 96.0 Å². The second-order valence-electron chi connectivity index (χ2n) is 8.85. The molecule has 0 aliphatic heterocycles. The molecular formula is C29H35N3O5S. The predicted molar refractivity (Wildman–Crippen MR) is 148 cm³/mol. The van der Waals surface area contributed by atoms with Gasteiger partial charge in [-0.05, 0) is 62.2 Å². The molecule has 3 aromatic carbocycles. The van der Waals surface area contributed by atoms with Crippen molar-refractivity contribution in [3.63, 3.8) is 0 Å². The molecule has 0 fully saturated rings. The fourth-order valence-corrected chi connectivity index (χ4v) is 5.55. The van der Waals surface area contributed by atoms with Gasteiger partial charge in [-0.25, -0.2) is 8.42 Å². The normalized spacial score (nSPS) is 11.9. The molecule has 0 saturated heterocycles. The van der Waals surface area contributed by atoms with Crippen molar-refractivity contribution in [1.82, 2.24) is 10.2 Å². The van der Waals surface area contributed by atoms with Gasteiger partial charge in [-0.2, -0.15) is 0 Å². The number of nitrogens with one attached hydrogen (secondary N) is 1. The van der Waals surface area contributed by atoms with E-state index in [-0.39, 0.29) is 17.3 Å². The van der Waals surface area contributed by atoms with Crippen LogP contribution in [0, 0.1) is 6.92 Å². The van der Waals surface area contributed by atoms with Crippen molar-refractivity contribution >= 4 is 27.5 Å². The van der Waals surface area contributed by atoms with Gasteiger partial charge < -0.3 is 15.0 Å². The van der Waals surface area contributed by atoms with Gasteiger partial charge in [0.2, 0.25) is 11.8 Å². The minimum Gasteiger partial charge on any atom is -0.497 e. The van der Waals surface area contributed by atoms with Crippen LogP contribution >= 0.6 is 0 Å². The van der Waals surface area contributed by atoms with Crippen molar-refractivity contribution < 1.29 is 22.7 Å². The molecule has 2 amide bonds. The zero-order chi connectivity index (χ0) is 27.7. The molecular weight excluding hydrogens is 502 g/mol. The van der Waals surface area contributed by atoms with Crippen LogP contribution in [-0.4, -0.2) is 51.4 Å². The smallest absolute Gasteiger partial charge is 0.264 e. The minimum absolute atomic E-state index is 0.0786. The fourth-order valence-electron chi connectivity index (χ4n) is 4.14. The molecule has 0 radical (unpaired) electrons. The van der Waals surface area contributed by atoms with E-state index in [0.29, 0.717) is 24.4 Å². The number of methoxy groups -OCH3 is 1. The second kappa shape index (κ2) is 13.1. The molecule has 1 atom stereocenters. The molecule has 0 aliphatic carbocycles. The van der Waals surface area contributed by atoms with Crippen LogP contribution in [0.25, 0.3) is 0 Å². The third kappa shape index (κ3) is 6.92. The van der Waals surface area contributed by atoms with Gasteiger partial charge in [-0.15, -0.1) is 0 Å². The molecule has 0 spiro atoms. The molecule has 3 rings (SSSR count). The SMILES string of the molecule is CCNC(=O)C(CC)N(Cc1cccc(OC)c1)C(=O)CN(c1ccccc1)S(=O)(=O)c1ccc(C)cc1. The molecule has 0 aromatic heterocycles. The highest BCUT2D eigenvalue weighted by Crippen LogP contribution is 2.25. The van der Waals surface area contributed by atoms with E-state index in [2.05, 4.69) is 5.32 Å². The first-order valence-corrected chi connectivity index (χ1v) is 14.0. The average Bonchev–Trinajstić information content (AvgIpc) is 2.92. The molecule has 9 heteroatoms. The third-order valence-electron chi connectivity index (χ3n) is 6.16. The van der Waals surface area contributed by atoms with Gasteiger partial charge in [0.15, 0.2) is 0 Å². The van der Waals surface area contributed by atoms with E-state index in [9.17, 15) is 18.0 Å². The Balaban J connectivity index is 2.04. The lowest BCUT2D eigenvalue weighted by molar-refractivity contribution is -0.140. The van der Waals surface area contributed by atoms with Crippen LogP contribution in [0.15, 0.2) is 83.8 Å².